The first-order valence-electron chi connectivity index (χ1n) is 39.4. The Labute approximate surface area is 653 Å². The molecule has 0 aliphatic rings. The summed E-state index contributed by atoms with van der Waals surface area (Å²) in [5, 5.41) is 11.7. The van der Waals surface area contributed by atoms with Crippen LogP contribution in [0.15, 0.2) is 377 Å². The minimum Gasteiger partial charge on any atom is -0.317 e. The molecule has 0 fully saturated rings. The minimum atomic E-state index is 0.786. The van der Waals surface area contributed by atoms with Crippen molar-refractivity contribution in [3.8, 4) is 22.7 Å². The Morgan fingerprint density at radius 1 is 0.188 bits per heavy atom. The predicted molar refractivity (Wildman–Crippen MR) is 474 cm³/mol. The molecular formula is C104H82N8. The van der Waals surface area contributed by atoms with Gasteiger partial charge in [0.25, 0.3) is 0 Å². The van der Waals surface area contributed by atoms with Crippen LogP contribution in [-0.4, -0.2) is 18.3 Å². The lowest BCUT2D eigenvalue weighted by molar-refractivity contribution is 1.11. The van der Waals surface area contributed by atoms with Crippen LogP contribution in [0.4, 0.5) is 68.2 Å². The zero-order chi connectivity index (χ0) is 74.9. The summed E-state index contributed by atoms with van der Waals surface area (Å²) in [4.78, 5) is 10.3. The Kier molecular flexibility index (Phi) is 16.9. The maximum atomic E-state index is 2.59. The van der Waals surface area contributed by atoms with Gasteiger partial charge in [0.2, 0.25) is 0 Å². The van der Waals surface area contributed by atoms with Gasteiger partial charge < -0.3 is 37.9 Å². The Morgan fingerprint density at radius 3 is 0.580 bits per heavy atom. The highest BCUT2D eigenvalue weighted by Crippen LogP contribution is 2.57. The normalized spacial score (nSPS) is 11.7. The summed E-state index contributed by atoms with van der Waals surface area (Å²) < 4.78 is 9.35. The van der Waals surface area contributed by atoms with Crippen LogP contribution in [0.2, 0.25) is 0 Å². The van der Waals surface area contributed by atoms with E-state index >= 15 is 0 Å². The van der Waals surface area contributed by atoms with Gasteiger partial charge in [-0.1, -0.05) is 198 Å². The van der Waals surface area contributed by atoms with Gasteiger partial charge in [-0.15, -0.1) is 0 Å². The molecule has 0 atom stereocenters. The highest BCUT2D eigenvalue weighted by atomic mass is 15.2. The molecule has 0 aliphatic carbocycles. The molecule has 0 saturated heterocycles. The minimum absolute atomic E-state index is 0.786. The van der Waals surface area contributed by atoms with Crippen LogP contribution in [0, 0.1) is 0 Å². The van der Waals surface area contributed by atoms with Crippen molar-refractivity contribution in [2.45, 2.75) is 53.4 Å². The topological polar surface area (TPSA) is 32.7 Å². The predicted octanol–water partition coefficient (Wildman–Crippen LogP) is 28.5. The second-order valence-corrected chi connectivity index (χ2v) is 29.1. The van der Waals surface area contributed by atoms with E-state index in [4.69, 9.17) is 0 Å². The van der Waals surface area contributed by atoms with Crippen molar-refractivity contribution in [1.82, 2.24) is 18.3 Å². The lowest BCUT2D eigenvalue weighted by Gasteiger charge is -2.36. The molecule has 0 amide bonds. The SMILES string of the molecule is CCc1c(N(c2ccccc2)c2cc(N(c3ccccc3)c3ccc4c(ccn4-c4ccccc4)c3CC)c3ccc4c(N(c5ccccc5)c5ccc6c(ccn6-c6ccccc6)c5CC)cc(N(c5ccccc5)c5ccc6c(ccn6-c6ccccc6)c5CC)c5ccc2c3c54)ccc2c1ccn2-c1ccccc1. The lowest BCUT2D eigenvalue weighted by Crippen LogP contribution is -2.17. The molecule has 0 radical (unpaired) electrons. The van der Waals surface area contributed by atoms with Gasteiger partial charge in [0, 0.05) is 124 Å². The van der Waals surface area contributed by atoms with Crippen molar-refractivity contribution in [1.29, 1.82) is 0 Å². The van der Waals surface area contributed by atoms with Gasteiger partial charge in [-0.25, -0.2) is 0 Å². The number of hydrogen-bond acceptors (Lipinski definition) is 4. The Hall–Kier alpha value is -14.1. The maximum Gasteiger partial charge on any atom is 0.0561 e. The van der Waals surface area contributed by atoms with E-state index < -0.39 is 0 Å². The van der Waals surface area contributed by atoms with Crippen molar-refractivity contribution in [3.05, 3.63) is 399 Å². The standard InChI is InChI=1S/C104H82N8/c1-5-79-83-61-65-105(71-33-17-9-18-34-71)91(83)53-57-95(79)109(75-41-25-13-26-42-75)99-69-100(110(76-43-27-14-28-44-76)96-58-54-92-84(80(96)6-2)62-66-106(92)72-35-19-10-20-36-72)88-51-52-90-102(112(78-47-31-16-32-48-78)98-60-56-94-86(82(98)8-4)64-68-108(94)74-39-23-12-24-40-74)70-101(89-50-49-87(99)103(88)104(89)90)111(77-45-29-15-30-46-77)97-59-55-93-85(81(97)7-3)63-67-107(93)73-37-21-11-22-38-73/h9-70H,5-8H2,1-4H3. The van der Waals surface area contributed by atoms with Crippen LogP contribution in [0.25, 0.3) is 98.7 Å². The fraction of sp³-hybridized carbons (Fsp3) is 0.0769. The number of anilines is 12. The van der Waals surface area contributed by atoms with Crippen LogP contribution >= 0.6 is 0 Å². The molecule has 4 heterocycles. The fourth-order valence-corrected chi connectivity index (χ4v) is 18.2. The molecule has 0 bridgehead atoms. The van der Waals surface area contributed by atoms with Crippen LogP contribution in [0.5, 0.6) is 0 Å². The maximum absolute atomic E-state index is 2.59. The van der Waals surface area contributed by atoms with Gasteiger partial charge in [0.15, 0.2) is 0 Å². The molecule has 20 rings (SSSR count). The first-order chi connectivity index (χ1) is 55.5. The molecule has 20 aromatic rings. The first-order valence-corrected chi connectivity index (χ1v) is 39.4. The number of aryl methyl sites for hydroxylation is 4. The van der Waals surface area contributed by atoms with E-state index in [0.717, 1.165) is 149 Å². The van der Waals surface area contributed by atoms with Crippen molar-refractivity contribution in [2.24, 2.45) is 0 Å². The van der Waals surface area contributed by atoms with Crippen molar-refractivity contribution < 1.29 is 0 Å². The summed E-state index contributed by atoms with van der Waals surface area (Å²) in [5.74, 6) is 0. The van der Waals surface area contributed by atoms with E-state index in [1.165, 1.54) is 65.9 Å². The van der Waals surface area contributed by atoms with Gasteiger partial charge >= 0.3 is 0 Å². The van der Waals surface area contributed by atoms with Crippen LogP contribution in [-0.2, 0) is 25.7 Å². The molecule has 16 aromatic carbocycles. The summed E-state index contributed by atoms with van der Waals surface area (Å²) in [6.07, 6.45) is 12.1. The third-order valence-electron chi connectivity index (χ3n) is 23.2. The van der Waals surface area contributed by atoms with Crippen molar-refractivity contribution >= 4 is 144 Å². The molecular weight excluding hydrogens is 1360 g/mol. The Bertz CT molecular complexity index is 6020. The molecule has 538 valence electrons. The molecule has 0 saturated carbocycles. The zero-order valence-corrected chi connectivity index (χ0v) is 63.2. The van der Waals surface area contributed by atoms with E-state index in [0.29, 0.717) is 0 Å². The Balaban J connectivity index is 0.950. The summed E-state index contributed by atoms with van der Waals surface area (Å²) in [6.45, 7) is 9.29. The zero-order valence-electron chi connectivity index (χ0n) is 63.2. The second-order valence-electron chi connectivity index (χ2n) is 29.1. The monoisotopic (exact) mass is 1440 g/mol. The van der Waals surface area contributed by atoms with E-state index in [9.17, 15) is 0 Å². The second kappa shape index (κ2) is 28.2. The van der Waals surface area contributed by atoms with Gasteiger partial charge in [0.05, 0.1) is 67.6 Å². The number of fused-ring (bicyclic) bond motifs is 4. The third-order valence-corrected chi connectivity index (χ3v) is 23.2. The van der Waals surface area contributed by atoms with Gasteiger partial charge in [-0.2, -0.15) is 0 Å². The van der Waals surface area contributed by atoms with Crippen molar-refractivity contribution in [3.63, 3.8) is 0 Å². The molecule has 0 spiro atoms. The largest absolute Gasteiger partial charge is 0.317 e. The highest BCUT2D eigenvalue weighted by molar-refractivity contribution is 6.33. The molecule has 4 aromatic heterocycles. The lowest BCUT2D eigenvalue weighted by atomic mass is 9.88. The van der Waals surface area contributed by atoms with Crippen LogP contribution in [0.1, 0.15) is 49.9 Å². The smallest absolute Gasteiger partial charge is 0.0561 e. The molecule has 8 nitrogen and oxygen atoms in total. The molecule has 8 heteroatoms. The number of nitrogens with zero attached hydrogens (tertiary/aromatic N) is 8. The summed E-state index contributed by atoms with van der Waals surface area (Å²) in [7, 11) is 0. The Morgan fingerprint density at radius 2 is 0.384 bits per heavy atom. The number of rotatable bonds is 20. The van der Waals surface area contributed by atoms with E-state index in [1.54, 1.807) is 0 Å². The van der Waals surface area contributed by atoms with Gasteiger partial charge in [-0.05, 0) is 230 Å². The third kappa shape index (κ3) is 11.0. The van der Waals surface area contributed by atoms with Gasteiger partial charge in [0.1, 0.15) is 0 Å². The quantitative estimate of drug-likeness (QED) is 0.0712. The van der Waals surface area contributed by atoms with E-state index in [-0.39, 0.29) is 0 Å². The summed E-state index contributed by atoms with van der Waals surface area (Å²) in [5.41, 5.74) is 27.2. The van der Waals surface area contributed by atoms with E-state index in [2.05, 4.69) is 442 Å². The fourth-order valence-electron chi connectivity index (χ4n) is 18.2. The van der Waals surface area contributed by atoms with E-state index in [1.807, 2.05) is 0 Å². The first kappa shape index (κ1) is 67.3. The average Bonchev–Trinajstić information content (AvgIpc) is 0.763. The van der Waals surface area contributed by atoms with Crippen LogP contribution in [0.3, 0.4) is 0 Å². The highest BCUT2D eigenvalue weighted by Gasteiger charge is 2.33. The molecule has 112 heavy (non-hydrogen) atoms. The number of aromatic nitrogens is 4. The number of benzene rings is 16. The van der Waals surface area contributed by atoms with Gasteiger partial charge in [-0.3, -0.25) is 0 Å². The van der Waals surface area contributed by atoms with Crippen molar-refractivity contribution in [2.75, 3.05) is 19.6 Å². The molecule has 0 aliphatic heterocycles. The summed E-state index contributed by atoms with van der Waals surface area (Å²) >= 11 is 0. The average molecular weight is 1440 g/mol. The summed E-state index contributed by atoms with van der Waals surface area (Å²) in [6, 6.07) is 131. The number of hydrogen-bond donors (Lipinski definition) is 0. The molecule has 0 N–H and O–H groups in total. The van der Waals surface area contributed by atoms with Crippen LogP contribution < -0.4 is 19.6 Å². The number of para-hydroxylation sites is 8. The molecule has 0 unspecified atom stereocenters.